The Balaban J connectivity index is 1.64. The molecule has 9 heteroatoms. The predicted octanol–water partition coefficient (Wildman–Crippen LogP) is 2.66. The number of hydrogen-bond acceptors (Lipinski definition) is 8. The van der Waals surface area contributed by atoms with Gasteiger partial charge in [-0.25, -0.2) is 0 Å². The minimum absolute atomic E-state index is 0.289. The number of anilines is 1. The average molecular weight is 345 g/mol. The summed E-state index contributed by atoms with van der Waals surface area (Å²) in [4.78, 5) is 16.8. The van der Waals surface area contributed by atoms with Gasteiger partial charge in [-0.2, -0.15) is 0 Å². The monoisotopic (exact) mass is 345 g/mol. The maximum atomic E-state index is 12.4. The number of aromatic nitrogens is 4. The summed E-state index contributed by atoms with van der Waals surface area (Å²) < 4.78 is 6.18. The number of nitrogens with one attached hydrogen (secondary N) is 1. The highest BCUT2D eigenvalue weighted by Crippen LogP contribution is 2.34. The minimum Gasteiger partial charge on any atom is -0.353 e. The van der Waals surface area contributed by atoms with E-state index >= 15 is 0 Å². The summed E-state index contributed by atoms with van der Waals surface area (Å²) in [6, 6.07) is 3.91. The van der Waals surface area contributed by atoms with E-state index in [2.05, 4.69) is 25.7 Å². The molecule has 0 unspecified atom stereocenters. The Morgan fingerprint density at radius 2 is 2.30 bits per heavy atom. The SMILES string of the molecule is CSc1nnc(NC(=O)c2noc3c2CCc2cccnc2-3)s1. The summed E-state index contributed by atoms with van der Waals surface area (Å²) in [5, 5.41) is 15.0. The Hall–Kier alpha value is -2.26. The van der Waals surface area contributed by atoms with Gasteiger partial charge in [-0.15, -0.1) is 10.2 Å². The van der Waals surface area contributed by atoms with E-state index in [1.807, 2.05) is 18.4 Å². The molecule has 1 aliphatic carbocycles. The molecule has 0 atom stereocenters. The number of carbonyl (C=O) groups is 1. The Morgan fingerprint density at radius 3 is 3.13 bits per heavy atom. The third-order valence-electron chi connectivity index (χ3n) is 3.56. The molecule has 0 bridgehead atoms. The number of rotatable bonds is 3. The topological polar surface area (TPSA) is 93.8 Å². The van der Waals surface area contributed by atoms with Gasteiger partial charge in [0.1, 0.15) is 5.69 Å². The van der Waals surface area contributed by atoms with Crippen LogP contribution in [0.5, 0.6) is 0 Å². The van der Waals surface area contributed by atoms with Crippen LogP contribution in [0.4, 0.5) is 5.13 Å². The number of pyridine rings is 1. The number of nitrogens with zero attached hydrogens (tertiary/aromatic N) is 4. The minimum atomic E-state index is -0.335. The summed E-state index contributed by atoms with van der Waals surface area (Å²) in [6.45, 7) is 0. The maximum absolute atomic E-state index is 12.4. The van der Waals surface area contributed by atoms with E-state index in [1.54, 1.807) is 6.20 Å². The Bertz CT molecular complexity index is 889. The lowest BCUT2D eigenvalue weighted by molar-refractivity contribution is 0.101. The van der Waals surface area contributed by atoms with Crippen LogP contribution in [0.15, 0.2) is 27.2 Å². The van der Waals surface area contributed by atoms with Crippen molar-refractivity contribution in [2.24, 2.45) is 0 Å². The lowest BCUT2D eigenvalue weighted by atomic mass is 9.93. The average Bonchev–Trinajstić information content (AvgIpc) is 3.21. The zero-order valence-electron chi connectivity index (χ0n) is 12.1. The van der Waals surface area contributed by atoms with Crippen molar-refractivity contribution in [1.29, 1.82) is 0 Å². The molecule has 0 saturated carbocycles. The number of thioether (sulfide) groups is 1. The second kappa shape index (κ2) is 5.74. The van der Waals surface area contributed by atoms with Crippen LogP contribution in [0, 0.1) is 0 Å². The molecular weight excluding hydrogens is 334 g/mol. The highest BCUT2D eigenvalue weighted by molar-refractivity contribution is 8.00. The Labute approximate surface area is 139 Å². The first-order valence-electron chi connectivity index (χ1n) is 6.88. The van der Waals surface area contributed by atoms with E-state index in [9.17, 15) is 4.79 Å². The first-order chi connectivity index (χ1) is 11.3. The summed E-state index contributed by atoms with van der Waals surface area (Å²) in [6.07, 6.45) is 5.13. The van der Waals surface area contributed by atoms with Crippen molar-refractivity contribution in [2.75, 3.05) is 11.6 Å². The first-order valence-corrected chi connectivity index (χ1v) is 8.92. The standard InChI is InChI=1S/C14H11N5O2S2/c1-22-14-18-17-13(23-14)16-12(20)10-8-5-4-7-3-2-6-15-9(7)11(8)21-19-10/h2-3,6H,4-5H2,1H3,(H,16,17,20). The van der Waals surface area contributed by atoms with Gasteiger partial charge in [0.05, 0.1) is 0 Å². The molecular formula is C14H11N5O2S2. The third kappa shape index (κ3) is 2.51. The summed E-state index contributed by atoms with van der Waals surface area (Å²) in [5.74, 6) is 0.247. The van der Waals surface area contributed by atoms with E-state index in [4.69, 9.17) is 4.52 Å². The van der Waals surface area contributed by atoms with Crippen molar-refractivity contribution in [3.8, 4) is 11.5 Å². The van der Waals surface area contributed by atoms with Crippen LogP contribution < -0.4 is 5.32 Å². The van der Waals surface area contributed by atoms with Gasteiger partial charge in [0.15, 0.2) is 15.8 Å². The molecule has 0 aromatic carbocycles. The molecule has 116 valence electrons. The fraction of sp³-hybridized carbons (Fsp3) is 0.214. The predicted molar refractivity (Wildman–Crippen MR) is 86.8 cm³/mol. The summed E-state index contributed by atoms with van der Waals surface area (Å²) in [7, 11) is 0. The smallest absolute Gasteiger partial charge is 0.279 e. The van der Waals surface area contributed by atoms with Crippen molar-refractivity contribution in [3.63, 3.8) is 0 Å². The fourth-order valence-electron chi connectivity index (χ4n) is 2.51. The van der Waals surface area contributed by atoms with E-state index < -0.39 is 0 Å². The van der Waals surface area contributed by atoms with Gasteiger partial charge >= 0.3 is 0 Å². The van der Waals surface area contributed by atoms with E-state index in [-0.39, 0.29) is 11.6 Å². The van der Waals surface area contributed by atoms with Gasteiger partial charge in [0.25, 0.3) is 5.91 Å². The summed E-state index contributed by atoms with van der Waals surface area (Å²) >= 11 is 2.80. The summed E-state index contributed by atoms with van der Waals surface area (Å²) in [5.41, 5.74) is 2.96. The molecule has 0 aliphatic heterocycles. The highest BCUT2D eigenvalue weighted by Gasteiger charge is 2.28. The zero-order chi connectivity index (χ0) is 15.8. The number of hydrogen-bond donors (Lipinski definition) is 1. The molecule has 4 rings (SSSR count). The van der Waals surface area contributed by atoms with Crippen LogP contribution in [-0.4, -0.2) is 32.5 Å². The van der Waals surface area contributed by atoms with Gasteiger partial charge in [-0.1, -0.05) is 34.3 Å². The number of aryl methyl sites for hydroxylation is 1. The van der Waals surface area contributed by atoms with Crippen molar-refractivity contribution < 1.29 is 9.32 Å². The fourth-order valence-corrected chi connectivity index (χ4v) is 3.67. The third-order valence-corrected chi connectivity index (χ3v) is 5.37. The number of carbonyl (C=O) groups excluding carboxylic acids is 1. The molecule has 3 aromatic heterocycles. The van der Waals surface area contributed by atoms with Crippen LogP contribution >= 0.6 is 23.1 Å². The maximum Gasteiger partial charge on any atom is 0.279 e. The van der Waals surface area contributed by atoms with Crippen LogP contribution in [0.2, 0.25) is 0 Å². The van der Waals surface area contributed by atoms with Crippen LogP contribution in [-0.2, 0) is 12.8 Å². The molecule has 0 spiro atoms. The van der Waals surface area contributed by atoms with Crippen molar-refractivity contribution >= 4 is 34.1 Å². The molecule has 0 radical (unpaired) electrons. The molecule has 23 heavy (non-hydrogen) atoms. The number of fused-ring (bicyclic) bond motifs is 3. The molecule has 3 heterocycles. The van der Waals surface area contributed by atoms with Crippen LogP contribution in [0.1, 0.15) is 21.6 Å². The van der Waals surface area contributed by atoms with Crippen molar-refractivity contribution in [3.05, 3.63) is 35.2 Å². The molecule has 1 amide bonds. The second-order valence-electron chi connectivity index (χ2n) is 4.88. The van der Waals surface area contributed by atoms with E-state index in [0.29, 0.717) is 17.3 Å². The van der Waals surface area contributed by atoms with Gasteiger partial charge < -0.3 is 4.52 Å². The van der Waals surface area contributed by atoms with E-state index in [1.165, 1.54) is 23.1 Å². The number of amides is 1. The Kier molecular flexibility index (Phi) is 3.58. The molecule has 3 aromatic rings. The molecule has 1 aliphatic rings. The van der Waals surface area contributed by atoms with Gasteiger partial charge in [-0.3, -0.25) is 15.1 Å². The zero-order valence-corrected chi connectivity index (χ0v) is 13.7. The second-order valence-corrected chi connectivity index (χ2v) is 6.91. The normalized spacial score (nSPS) is 12.6. The molecule has 0 fully saturated rings. The van der Waals surface area contributed by atoms with Crippen LogP contribution in [0.3, 0.4) is 0 Å². The molecule has 7 nitrogen and oxygen atoms in total. The largest absolute Gasteiger partial charge is 0.353 e. The molecule has 1 N–H and O–H groups in total. The quantitative estimate of drug-likeness (QED) is 0.576. The van der Waals surface area contributed by atoms with E-state index in [0.717, 1.165) is 27.6 Å². The lowest BCUT2D eigenvalue weighted by Gasteiger charge is -2.12. The van der Waals surface area contributed by atoms with Crippen molar-refractivity contribution in [2.45, 2.75) is 17.2 Å². The van der Waals surface area contributed by atoms with Crippen molar-refractivity contribution in [1.82, 2.24) is 20.3 Å². The van der Waals surface area contributed by atoms with Gasteiger partial charge in [-0.05, 0) is 30.7 Å². The lowest BCUT2D eigenvalue weighted by Crippen LogP contribution is -2.15. The highest BCUT2D eigenvalue weighted by atomic mass is 32.2. The van der Waals surface area contributed by atoms with Crippen LogP contribution in [0.25, 0.3) is 11.5 Å². The van der Waals surface area contributed by atoms with Gasteiger partial charge in [0.2, 0.25) is 5.13 Å². The van der Waals surface area contributed by atoms with Gasteiger partial charge in [0, 0.05) is 11.8 Å². The Morgan fingerprint density at radius 1 is 1.39 bits per heavy atom. The molecule has 0 saturated heterocycles. The first kappa shape index (κ1) is 14.3.